The molecule has 1 aromatic rings. The van der Waals surface area contributed by atoms with Gasteiger partial charge in [-0.1, -0.05) is 12.1 Å². The number of nitrogens with zero attached hydrogens (tertiary/aromatic N) is 1. The molecule has 1 aromatic carbocycles. The molecule has 1 heterocycles. The number of ether oxygens (including phenoxy) is 2. The van der Waals surface area contributed by atoms with Crippen LogP contribution in [-0.2, 0) is 16.1 Å². The van der Waals surface area contributed by atoms with Crippen molar-refractivity contribution in [3.63, 3.8) is 0 Å². The second kappa shape index (κ2) is 10.6. The summed E-state index contributed by atoms with van der Waals surface area (Å²) in [6.07, 6.45) is 2.49. The molecule has 7 nitrogen and oxygen atoms in total. The molecule has 0 radical (unpaired) electrons. The Morgan fingerprint density at radius 3 is 2.96 bits per heavy atom. The lowest BCUT2D eigenvalue weighted by Gasteiger charge is -2.15. The lowest BCUT2D eigenvalue weighted by molar-refractivity contribution is -0.122. The first-order chi connectivity index (χ1) is 12.2. The first-order valence-corrected chi connectivity index (χ1v) is 8.75. The highest BCUT2D eigenvalue weighted by atomic mass is 16.5. The van der Waals surface area contributed by atoms with Gasteiger partial charge in [0.05, 0.1) is 6.10 Å². The van der Waals surface area contributed by atoms with Crippen molar-refractivity contribution < 1.29 is 14.3 Å². The fraction of sp³-hybridized carbons (Fsp3) is 0.556. The number of hydrogen-bond acceptors (Lipinski definition) is 4. The summed E-state index contributed by atoms with van der Waals surface area (Å²) in [6, 6.07) is 7.67. The predicted molar refractivity (Wildman–Crippen MR) is 97.8 cm³/mol. The second-order valence-corrected chi connectivity index (χ2v) is 5.83. The van der Waals surface area contributed by atoms with Crippen LogP contribution in [0.25, 0.3) is 0 Å². The zero-order chi connectivity index (χ0) is 17.9. The van der Waals surface area contributed by atoms with Gasteiger partial charge in [-0.15, -0.1) is 0 Å². The van der Waals surface area contributed by atoms with Crippen LogP contribution in [0.15, 0.2) is 29.3 Å². The van der Waals surface area contributed by atoms with E-state index in [9.17, 15) is 4.79 Å². The number of rotatable bonds is 8. The highest BCUT2D eigenvalue weighted by Gasteiger charge is 2.15. The van der Waals surface area contributed by atoms with Crippen molar-refractivity contribution >= 4 is 11.9 Å². The molecule has 0 aromatic heterocycles. The van der Waals surface area contributed by atoms with Crippen LogP contribution in [0.3, 0.4) is 0 Å². The van der Waals surface area contributed by atoms with Gasteiger partial charge in [0.25, 0.3) is 5.91 Å². The van der Waals surface area contributed by atoms with Crippen molar-refractivity contribution in [1.82, 2.24) is 16.0 Å². The van der Waals surface area contributed by atoms with Gasteiger partial charge in [-0.25, -0.2) is 0 Å². The Morgan fingerprint density at radius 2 is 2.24 bits per heavy atom. The van der Waals surface area contributed by atoms with Crippen molar-refractivity contribution in [2.45, 2.75) is 32.4 Å². The van der Waals surface area contributed by atoms with E-state index < -0.39 is 0 Å². The van der Waals surface area contributed by atoms with Gasteiger partial charge in [-0.3, -0.25) is 9.79 Å². The number of carbonyl (C=O) groups excluding carboxylic acids is 1. The summed E-state index contributed by atoms with van der Waals surface area (Å²) >= 11 is 0. The second-order valence-electron chi connectivity index (χ2n) is 5.83. The molecule has 1 saturated heterocycles. The molecule has 1 unspecified atom stereocenters. The maximum atomic E-state index is 11.5. The molecule has 25 heavy (non-hydrogen) atoms. The highest BCUT2D eigenvalue weighted by Crippen LogP contribution is 2.13. The largest absolute Gasteiger partial charge is 0.484 e. The van der Waals surface area contributed by atoms with Gasteiger partial charge in [0, 0.05) is 33.3 Å². The number of benzene rings is 1. The van der Waals surface area contributed by atoms with Gasteiger partial charge >= 0.3 is 0 Å². The van der Waals surface area contributed by atoms with Crippen molar-refractivity contribution in [2.75, 3.05) is 33.4 Å². The quantitative estimate of drug-likeness (QED) is 0.483. The molecule has 0 bridgehead atoms. The Labute approximate surface area is 149 Å². The zero-order valence-corrected chi connectivity index (χ0v) is 15.0. The fourth-order valence-electron chi connectivity index (χ4n) is 2.56. The number of nitrogens with one attached hydrogen (secondary N) is 3. The number of likely N-dealkylation sites (N-methyl/N-ethyl adjacent to an activating group) is 1. The first-order valence-electron chi connectivity index (χ1n) is 8.75. The Morgan fingerprint density at radius 1 is 1.36 bits per heavy atom. The molecule has 1 aliphatic rings. The summed E-state index contributed by atoms with van der Waals surface area (Å²) in [4.78, 5) is 15.7. The van der Waals surface area contributed by atoms with Gasteiger partial charge in [-0.05, 0) is 37.5 Å². The highest BCUT2D eigenvalue weighted by molar-refractivity contribution is 5.79. The van der Waals surface area contributed by atoms with Crippen molar-refractivity contribution in [2.24, 2.45) is 4.99 Å². The molecule has 7 heteroatoms. The van der Waals surface area contributed by atoms with E-state index >= 15 is 0 Å². The molecule has 138 valence electrons. The van der Waals surface area contributed by atoms with Crippen LogP contribution in [0.4, 0.5) is 0 Å². The molecule has 1 aliphatic heterocycles. The summed E-state index contributed by atoms with van der Waals surface area (Å²) in [7, 11) is 1.75. The van der Waals surface area contributed by atoms with E-state index in [1.54, 1.807) is 7.05 Å². The molecular formula is C18H28N4O3. The molecular weight excluding hydrogens is 320 g/mol. The van der Waals surface area contributed by atoms with Crippen molar-refractivity contribution in [3.8, 4) is 5.75 Å². The molecule has 1 amide bonds. The summed E-state index contributed by atoms with van der Waals surface area (Å²) in [5.74, 6) is 1.29. The van der Waals surface area contributed by atoms with Crippen LogP contribution >= 0.6 is 0 Å². The lowest BCUT2D eigenvalue weighted by atomic mass is 10.2. The predicted octanol–water partition coefficient (Wildman–Crippen LogP) is 1.05. The van der Waals surface area contributed by atoms with Crippen LogP contribution in [0.2, 0.25) is 0 Å². The van der Waals surface area contributed by atoms with Crippen LogP contribution in [0, 0.1) is 0 Å². The monoisotopic (exact) mass is 348 g/mol. The van der Waals surface area contributed by atoms with Crippen LogP contribution < -0.4 is 20.7 Å². The molecule has 2 rings (SSSR count). The van der Waals surface area contributed by atoms with Gasteiger partial charge in [-0.2, -0.15) is 0 Å². The Kier molecular flexibility index (Phi) is 8.04. The number of aliphatic imine (C=N–C) groups is 1. The van der Waals surface area contributed by atoms with Crippen LogP contribution in [0.5, 0.6) is 5.75 Å². The number of hydrogen-bond donors (Lipinski definition) is 3. The Balaban J connectivity index is 1.76. The van der Waals surface area contributed by atoms with Crippen LogP contribution in [0.1, 0.15) is 25.3 Å². The van der Waals surface area contributed by atoms with Gasteiger partial charge in [0.1, 0.15) is 5.75 Å². The average Bonchev–Trinajstić information content (AvgIpc) is 3.14. The lowest BCUT2D eigenvalue weighted by Crippen LogP contribution is -2.40. The standard InChI is InChI=1S/C18H28N4O3/c1-3-20-17(23)13-25-15-7-4-6-14(10-15)11-21-18(19-2)22-12-16-8-5-9-24-16/h4,6-7,10,16H,3,5,8-9,11-13H2,1-2H3,(H,20,23)(H2,19,21,22). The van der Waals surface area contributed by atoms with Crippen LogP contribution in [-0.4, -0.2) is 51.3 Å². The summed E-state index contributed by atoms with van der Waals surface area (Å²) in [5.41, 5.74) is 1.05. The number of carbonyl (C=O) groups is 1. The summed E-state index contributed by atoms with van der Waals surface area (Å²) < 4.78 is 11.1. The molecule has 0 saturated carbocycles. The third kappa shape index (κ3) is 7.01. The van der Waals surface area contributed by atoms with E-state index in [0.717, 1.165) is 37.5 Å². The summed E-state index contributed by atoms with van der Waals surface area (Å²) in [6.45, 7) is 4.73. The maximum Gasteiger partial charge on any atom is 0.257 e. The molecule has 3 N–H and O–H groups in total. The van der Waals surface area contributed by atoms with Gasteiger partial charge in [0.15, 0.2) is 12.6 Å². The van der Waals surface area contributed by atoms with E-state index in [2.05, 4.69) is 20.9 Å². The number of amides is 1. The molecule has 0 aliphatic carbocycles. The molecule has 1 atom stereocenters. The normalized spacial score (nSPS) is 17.2. The van der Waals surface area contributed by atoms with Crippen molar-refractivity contribution in [1.29, 1.82) is 0 Å². The molecule has 0 spiro atoms. The topological polar surface area (TPSA) is 84.0 Å². The van der Waals surface area contributed by atoms with Gasteiger partial charge in [0.2, 0.25) is 0 Å². The summed E-state index contributed by atoms with van der Waals surface area (Å²) in [5, 5.41) is 9.26. The minimum Gasteiger partial charge on any atom is -0.484 e. The minimum atomic E-state index is -0.121. The fourth-order valence-corrected chi connectivity index (χ4v) is 2.56. The first kappa shape index (κ1) is 19.1. The van der Waals surface area contributed by atoms with E-state index in [1.807, 2.05) is 31.2 Å². The van der Waals surface area contributed by atoms with E-state index in [1.165, 1.54) is 0 Å². The zero-order valence-electron chi connectivity index (χ0n) is 15.0. The minimum absolute atomic E-state index is 0.0231. The smallest absolute Gasteiger partial charge is 0.257 e. The van der Waals surface area contributed by atoms with Gasteiger partial charge < -0.3 is 25.4 Å². The Hall–Kier alpha value is -2.28. The third-order valence-corrected chi connectivity index (χ3v) is 3.85. The van der Waals surface area contributed by atoms with E-state index in [4.69, 9.17) is 9.47 Å². The molecule has 1 fully saturated rings. The maximum absolute atomic E-state index is 11.5. The Bertz CT molecular complexity index is 571. The van der Waals surface area contributed by atoms with E-state index in [-0.39, 0.29) is 18.6 Å². The van der Waals surface area contributed by atoms with E-state index in [0.29, 0.717) is 18.8 Å². The SMILES string of the molecule is CCNC(=O)COc1cccc(CNC(=NC)NCC2CCCO2)c1. The number of guanidine groups is 1. The van der Waals surface area contributed by atoms with Crippen molar-refractivity contribution in [3.05, 3.63) is 29.8 Å². The third-order valence-electron chi connectivity index (χ3n) is 3.85. The average molecular weight is 348 g/mol.